The Labute approximate surface area is 420 Å². The Morgan fingerprint density at radius 3 is 1.68 bits per heavy atom. The topological polar surface area (TPSA) is 125 Å². The van der Waals surface area contributed by atoms with Gasteiger partial charge in [-0.25, -0.2) is 19.9 Å². The highest BCUT2D eigenvalue weighted by atomic mass is 35.5. The van der Waals surface area contributed by atoms with Gasteiger partial charge in [-0.2, -0.15) is 0 Å². The van der Waals surface area contributed by atoms with Gasteiger partial charge >= 0.3 is 0 Å². The summed E-state index contributed by atoms with van der Waals surface area (Å²) < 4.78 is 3.97. The molecule has 0 aliphatic carbocycles. The van der Waals surface area contributed by atoms with Crippen molar-refractivity contribution in [1.29, 1.82) is 0 Å². The van der Waals surface area contributed by atoms with E-state index >= 15 is 0 Å². The first-order valence-electron chi connectivity index (χ1n) is 24.9. The molecule has 13 heteroatoms. The van der Waals surface area contributed by atoms with Crippen LogP contribution in [0.5, 0.6) is 0 Å². The first-order chi connectivity index (χ1) is 34.8. The van der Waals surface area contributed by atoms with Gasteiger partial charge in [0, 0.05) is 105 Å². The highest BCUT2D eigenvalue weighted by Crippen LogP contribution is 2.39. The minimum atomic E-state index is 0.383. The van der Waals surface area contributed by atoms with Gasteiger partial charge in [-0.15, -0.1) is 0 Å². The summed E-state index contributed by atoms with van der Waals surface area (Å²) in [7, 11) is 0. The van der Waals surface area contributed by atoms with Crippen LogP contribution in [-0.2, 0) is 0 Å². The normalized spacial score (nSPS) is 15.7. The number of nitrogens with zero attached hydrogens (tertiary/aromatic N) is 9. The number of nitrogens with one attached hydrogen (secondary N) is 3. The molecule has 0 amide bonds. The minimum Gasteiger partial charge on any atom is -0.338 e. The van der Waals surface area contributed by atoms with Gasteiger partial charge in [-0.1, -0.05) is 100 Å². The van der Waals surface area contributed by atoms with Crippen molar-refractivity contribution in [1.82, 2.24) is 54.7 Å². The molecular weight excluding hydrogens is 900 g/mol. The quantitative estimate of drug-likeness (QED) is 0.108. The maximum atomic E-state index is 6.40. The van der Waals surface area contributed by atoms with E-state index in [-0.39, 0.29) is 0 Å². The second-order valence-corrected chi connectivity index (χ2v) is 19.3. The summed E-state index contributed by atoms with van der Waals surface area (Å²) in [4.78, 5) is 30.2. The number of aromatic nitrogens is 8. The maximum absolute atomic E-state index is 6.40. The van der Waals surface area contributed by atoms with Crippen LogP contribution in [0.3, 0.4) is 0 Å². The second kappa shape index (κ2) is 21.9. The number of benzene rings is 4. The maximum Gasteiger partial charge on any atom is 0.212 e. The molecule has 12 rings (SSSR count). The van der Waals surface area contributed by atoms with E-state index in [9.17, 15) is 0 Å². The summed E-state index contributed by atoms with van der Waals surface area (Å²) in [5.74, 6) is 0.960. The van der Waals surface area contributed by atoms with Crippen LogP contribution in [-0.4, -0.2) is 89.1 Å². The zero-order valence-corrected chi connectivity index (χ0v) is 41.6. The first kappa shape index (κ1) is 47.6. The van der Waals surface area contributed by atoms with Crippen LogP contribution in [0.4, 0.5) is 5.95 Å². The van der Waals surface area contributed by atoms with Crippen molar-refractivity contribution in [3.05, 3.63) is 164 Å². The molecule has 8 heterocycles. The van der Waals surface area contributed by atoms with Crippen molar-refractivity contribution in [2.45, 2.75) is 77.5 Å². The van der Waals surface area contributed by atoms with Crippen LogP contribution in [0.1, 0.15) is 53.4 Å². The SMILES string of the molecule is CC(C)NC[C@H]1CCCN1.CC(C)NC[C@H]1CCCN1c1nc(-c2ccncc2)c(-c2ccc3ccccc3c2)c2nccn12.Clc1nc(-c2ccncc2)c(-c2ccc3ccccc3c2)c2nccn12. The molecule has 71 heavy (non-hydrogen) atoms. The van der Waals surface area contributed by atoms with Crippen LogP contribution in [0.2, 0.25) is 5.28 Å². The highest BCUT2D eigenvalue weighted by molar-refractivity contribution is 6.29. The summed E-state index contributed by atoms with van der Waals surface area (Å²) in [5, 5.41) is 15.7. The molecular formula is C58H61ClN12. The van der Waals surface area contributed by atoms with Crippen LogP contribution in [0.25, 0.3) is 77.6 Å². The summed E-state index contributed by atoms with van der Waals surface area (Å²) in [6.07, 6.45) is 19.7. The third-order valence-electron chi connectivity index (χ3n) is 13.3. The Bertz CT molecular complexity index is 3360. The van der Waals surface area contributed by atoms with Crippen molar-refractivity contribution >= 4 is 50.4 Å². The number of hydrogen-bond acceptors (Lipinski definition) is 10. The van der Waals surface area contributed by atoms with E-state index in [0.29, 0.717) is 23.4 Å². The third-order valence-corrected chi connectivity index (χ3v) is 13.6. The molecule has 0 radical (unpaired) electrons. The van der Waals surface area contributed by atoms with E-state index in [4.69, 9.17) is 21.6 Å². The molecule has 0 spiro atoms. The molecule has 0 saturated carbocycles. The zero-order valence-electron chi connectivity index (χ0n) is 40.9. The van der Waals surface area contributed by atoms with Gasteiger partial charge in [0.15, 0.2) is 0 Å². The van der Waals surface area contributed by atoms with Crippen molar-refractivity contribution in [3.63, 3.8) is 0 Å². The summed E-state index contributed by atoms with van der Waals surface area (Å²) in [6.45, 7) is 13.1. The van der Waals surface area contributed by atoms with Crippen molar-refractivity contribution in [2.75, 3.05) is 31.1 Å². The second-order valence-electron chi connectivity index (χ2n) is 19.0. The zero-order chi connectivity index (χ0) is 48.7. The van der Waals surface area contributed by atoms with Crippen LogP contribution < -0.4 is 20.9 Å². The lowest BCUT2D eigenvalue weighted by Crippen LogP contribution is -2.41. The molecule has 3 N–H and O–H groups in total. The van der Waals surface area contributed by atoms with Gasteiger partial charge in [0.2, 0.25) is 11.2 Å². The van der Waals surface area contributed by atoms with E-state index in [1.807, 2.05) is 67.4 Å². The lowest BCUT2D eigenvalue weighted by molar-refractivity contribution is 0.497. The Kier molecular flexibility index (Phi) is 14.7. The smallest absolute Gasteiger partial charge is 0.212 e. The fourth-order valence-electron chi connectivity index (χ4n) is 9.76. The Morgan fingerprint density at radius 2 is 1.11 bits per heavy atom. The molecule has 2 saturated heterocycles. The molecule has 10 aromatic rings. The van der Waals surface area contributed by atoms with Crippen LogP contribution >= 0.6 is 11.6 Å². The molecule has 2 aliphatic rings. The third kappa shape index (κ3) is 10.7. The average molecular weight is 962 g/mol. The first-order valence-corrected chi connectivity index (χ1v) is 25.3. The molecule has 0 unspecified atom stereocenters. The lowest BCUT2D eigenvalue weighted by atomic mass is 9.98. The summed E-state index contributed by atoms with van der Waals surface area (Å²) in [5.41, 5.74) is 9.63. The molecule has 2 aliphatic heterocycles. The number of fused-ring (bicyclic) bond motifs is 4. The molecule has 2 atom stereocenters. The minimum absolute atomic E-state index is 0.383. The van der Waals surface area contributed by atoms with E-state index < -0.39 is 0 Å². The lowest BCUT2D eigenvalue weighted by Gasteiger charge is -2.28. The molecule has 0 bridgehead atoms. The fraction of sp³-hybridized carbons (Fsp3) is 0.276. The fourth-order valence-corrected chi connectivity index (χ4v) is 9.98. The molecule has 360 valence electrons. The number of imidazole rings is 2. The van der Waals surface area contributed by atoms with E-state index in [1.54, 1.807) is 23.0 Å². The van der Waals surface area contributed by atoms with Crippen molar-refractivity contribution in [2.24, 2.45) is 0 Å². The number of rotatable bonds is 11. The number of pyridine rings is 2. The highest BCUT2D eigenvalue weighted by Gasteiger charge is 2.30. The summed E-state index contributed by atoms with van der Waals surface area (Å²) >= 11 is 6.40. The predicted molar refractivity (Wildman–Crippen MR) is 291 cm³/mol. The number of anilines is 1. The predicted octanol–water partition coefficient (Wildman–Crippen LogP) is 11.6. The molecule has 12 nitrogen and oxygen atoms in total. The van der Waals surface area contributed by atoms with Gasteiger partial charge in [-0.05, 0) is 113 Å². The standard InChI is InChI=1S/C29H30N6.C21H13ClN4.C8H18N2/c1-20(2)32-19-25-8-5-16-34(25)29-33-27(22-11-13-30-14-12-22)26(28-31-15-17-35(28)29)24-10-9-21-6-3-4-7-23(21)18-24;22-21-25-19(15-7-9-23-10-8-15)18(20-24-11-12-26(20)21)17-6-5-14-3-1-2-4-16(14)13-17;1-7(2)10-6-8-4-3-5-9-8/h3-4,6-7,9-15,17-18,20,25,32H,5,8,16,19H2,1-2H3;1-13H;7-10H,3-6H2,1-2H3/t25-;;8-/m1.1/s1. The number of halogens is 1. The number of hydrogen-bond donors (Lipinski definition) is 3. The summed E-state index contributed by atoms with van der Waals surface area (Å²) in [6, 6.07) is 40.0. The molecule has 6 aromatic heterocycles. The van der Waals surface area contributed by atoms with Gasteiger partial charge < -0.3 is 20.9 Å². The van der Waals surface area contributed by atoms with E-state index in [1.165, 1.54) is 47.4 Å². The van der Waals surface area contributed by atoms with Gasteiger partial charge in [0.05, 0.1) is 22.5 Å². The van der Waals surface area contributed by atoms with Gasteiger partial charge in [-0.3, -0.25) is 18.8 Å². The van der Waals surface area contributed by atoms with Crippen LogP contribution in [0, 0.1) is 0 Å². The Hall–Kier alpha value is -7.09. The van der Waals surface area contributed by atoms with Gasteiger partial charge in [0.25, 0.3) is 0 Å². The average Bonchev–Trinajstić information content (AvgIpc) is 4.27. The van der Waals surface area contributed by atoms with Crippen molar-refractivity contribution < 1.29 is 0 Å². The molecule has 4 aromatic carbocycles. The Balaban J connectivity index is 0.000000141. The van der Waals surface area contributed by atoms with Crippen molar-refractivity contribution in [3.8, 4) is 44.8 Å². The van der Waals surface area contributed by atoms with Crippen LogP contribution in [0.15, 0.2) is 159 Å². The molecule has 2 fully saturated rings. The largest absolute Gasteiger partial charge is 0.338 e. The Morgan fingerprint density at radius 1 is 0.577 bits per heavy atom. The monoisotopic (exact) mass is 960 g/mol. The van der Waals surface area contributed by atoms with E-state index in [0.717, 1.165) is 94.1 Å². The van der Waals surface area contributed by atoms with Gasteiger partial charge in [0.1, 0.15) is 11.3 Å². The van der Waals surface area contributed by atoms with E-state index in [2.05, 4.69) is 146 Å².